The van der Waals surface area contributed by atoms with Gasteiger partial charge in [0.25, 0.3) is 0 Å². The van der Waals surface area contributed by atoms with Gasteiger partial charge in [0.1, 0.15) is 5.56 Å². The Morgan fingerprint density at radius 2 is 1.96 bits per heavy atom. The lowest BCUT2D eigenvalue weighted by Gasteiger charge is -2.12. The van der Waals surface area contributed by atoms with Crippen molar-refractivity contribution in [1.82, 2.24) is 9.47 Å². The third-order valence-electron chi connectivity index (χ3n) is 3.73. The monoisotopic (exact) mass is 342 g/mol. The minimum absolute atomic E-state index is 0.00257. The number of allylic oxidation sites excluding steroid dienone is 1. The van der Waals surface area contributed by atoms with Crippen molar-refractivity contribution in [3.63, 3.8) is 0 Å². The fourth-order valence-corrected chi connectivity index (χ4v) is 2.47. The molecule has 0 bridgehead atoms. The Hall–Kier alpha value is -2.89. The van der Waals surface area contributed by atoms with E-state index in [4.69, 9.17) is 4.74 Å². The molecule has 0 amide bonds. The van der Waals surface area contributed by atoms with Crippen LogP contribution in [0, 0.1) is 0 Å². The fourth-order valence-electron chi connectivity index (χ4n) is 2.47. The molecule has 0 N–H and O–H groups in total. The quantitative estimate of drug-likeness (QED) is 0.458. The van der Waals surface area contributed by atoms with E-state index in [1.807, 2.05) is 21.0 Å². The first-order valence-corrected chi connectivity index (χ1v) is 8.12. The molecule has 1 aromatic carbocycles. The van der Waals surface area contributed by atoms with Crippen LogP contribution in [0.3, 0.4) is 0 Å². The number of ether oxygens (including phenoxy) is 1. The molecule has 25 heavy (non-hydrogen) atoms. The van der Waals surface area contributed by atoms with Crippen LogP contribution in [0.5, 0.6) is 0 Å². The highest BCUT2D eigenvalue weighted by Crippen LogP contribution is 2.16. The van der Waals surface area contributed by atoms with Gasteiger partial charge in [-0.2, -0.15) is 0 Å². The first kappa shape index (κ1) is 18.4. The maximum absolute atomic E-state index is 12.6. The second-order valence-corrected chi connectivity index (χ2v) is 5.75. The van der Waals surface area contributed by atoms with Crippen LogP contribution in [0.25, 0.3) is 10.9 Å². The van der Waals surface area contributed by atoms with E-state index in [-0.39, 0.29) is 23.4 Å². The number of aromatic nitrogens is 1. The van der Waals surface area contributed by atoms with Gasteiger partial charge in [-0.3, -0.25) is 9.59 Å². The Kier molecular flexibility index (Phi) is 5.75. The summed E-state index contributed by atoms with van der Waals surface area (Å²) < 4.78 is 6.73. The molecule has 0 atom stereocenters. The van der Waals surface area contributed by atoms with Gasteiger partial charge >= 0.3 is 5.97 Å². The van der Waals surface area contributed by atoms with E-state index in [9.17, 15) is 14.4 Å². The zero-order valence-electron chi connectivity index (χ0n) is 14.9. The molecule has 0 aliphatic carbocycles. The SMILES string of the molecule is CCOC(=O)c1cn(CC)c2cc(C(=O)C=CN(C)C)ccc2c1=O. The van der Waals surface area contributed by atoms with Crippen LogP contribution < -0.4 is 5.43 Å². The number of benzene rings is 1. The van der Waals surface area contributed by atoms with Crippen LogP contribution in [0.15, 0.2) is 41.5 Å². The molecular weight excluding hydrogens is 320 g/mol. The number of hydrogen-bond acceptors (Lipinski definition) is 5. The summed E-state index contributed by atoms with van der Waals surface area (Å²) in [6.45, 7) is 4.35. The molecule has 6 heteroatoms. The lowest BCUT2D eigenvalue weighted by molar-refractivity contribution is 0.0524. The van der Waals surface area contributed by atoms with Gasteiger partial charge in [-0.15, -0.1) is 0 Å². The van der Waals surface area contributed by atoms with Gasteiger partial charge in [0.05, 0.1) is 12.1 Å². The molecule has 0 spiro atoms. The minimum atomic E-state index is -0.634. The summed E-state index contributed by atoms with van der Waals surface area (Å²) in [6, 6.07) is 4.86. The number of pyridine rings is 1. The number of carbonyl (C=O) groups excluding carboxylic acids is 2. The smallest absolute Gasteiger partial charge is 0.343 e. The molecule has 2 aromatic rings. The second-order valence-electron chi connectivity index (χ2n) is 5.75. The van der Waals surface area contributed by atoms with Crippen LogP contribution in [0.2, 0.25) is 0 Å². The molecule has 0 radical (unpaired) electrons. The van der Waals surface area contributed by atoms with Crippen molar-refractivity contribution >= 4 is 22.7 Å². The number of hydrogen-bond donors (Lipinski definition) is 0. The van der Waals surface area contributed by atoms with E-state index in [0.717, 1.165) is 0 Å². The number of rotatable bonds is 6. The summed E-state index contributed by atoms with van der Waals surface area (Å²) in [6.07, 6.45) is 4.64. The molecule has 0 fully saturated rings. The highest BCUT2D eigenvalue weighted by atomic mass is 16.5. The Balaban J connectivity index is 2.59. The van der Waals surface area contributed by atoms with Gasteiger partial charge in [0.2, 0.25) is 5.43 Å². The summed E-state index contributed by atoms with van der Waals surface area (Å²) in [5, 5.41) is 0.389. The summed E-state index contributed by atoms with van der Waals surface area (Å²) >= 11 is 0. The topological polar surface area (TPSA) is 68.6 Å². The Morgan fingerprint density at radius 3 is 2.56 bits per heavy atom. The van der Waals surface area contributed by atoms with E-state index >= 15 is 0 Å². The van der Waals surface area contributed by atoms with Crippen LogP contribution in [0.4, 0.5) is 0 Å². The van der Waals surface area contributed by atoms with Crippen molar-refractivity contribution in [2.75, 3.05) is 20.7 Å². The maximum atomic E-state index is 12.6. The summed E-state index contributed by atoms with van der Waals surface area (Å²) in [5.74, 6) is -0.786. The number of carbonyl (C=O) groups is 2. The Labute approximate surface area is 146 Å². The van der Waals surface area contributed by atoms with Crippen molar-refractivity contribution in [3.8, 4) is 0 Å². The van der Waals surface area contributed by atoms with Crippen LogP contribution in [-0.4, -0.2) is 41.9 Å². The van der Waals surface area contributed by atoms with Crippen LogP contribution in [-0.2, 0) is 11.3 Å². The zero-order valence-corrected chi connectivity index (χ0v) is 14.9. The number of ketones is 1. The number of aryl methyl sites for hydroxylation is 1. The fraction of sp³-hybridized carbons (Fsp3) is 0.316. The summed E-state index contributed by atoms with van der Waals surface area (Å²) in [5.41, 5.74) is 0.712. The van der Waals surface area contributed by atoms with Crippen molar-refractivity contribution in [3.05, 3.63) is 58.0 Å². The van der Waals surface area contributed by atoms with Crippen molar-refractivity contribution in [2.45, 2.75) is 20.4 Å². The number of nitrogens with zero attached hydrogens (tertiary/aromatic N) is 2. The summed E-state index contributed by atoms with van der Waals surface area (Å²) in [7, 11) is 3.66. The minimum Gasteiger partial charge on any atom is -0.462 e. The predicted octanol–water partition coefficient (Wildman–Crippen LogP) is 2.46. The summed E-state index contributed by atoms with van der Waals surface area (Å²) in [4.78, 5) is 38.6. The van der Waals surface area contributed by atoms with Crippen molar-refractivity contribution < 1.29 is 14.3 Å². The van der Waals surface area contributed by atoms with Gasteiger partial charge in [0, 0.05) is 50.1 Å². The zero-order chi connectivity index (χ0) is 18.6. The van der Waals surface area contributed by atoms with E-state index in [0.29, 0.717) is 23.0 Å². The molecule has 0 aliphatic heterocycles. The predicted molar refractivity (Wildman–Crippen MR) is 97.0 cm³/mol. The molecule has 132 valence electrons. The number of fused-ring (bicyclic) bond motifs is 1. The first-order valence-electron chi connectivity index (χ1n) is 8.12. The van der Waals surface area contributed by atoms with Crippen LogP contribution >= 0.6 is 0 Å². The third kappa shape index (κ3) is 3.96. The van der Waals surface area contributed by atoms with E-state index in [1.54, 1.807) is 40.8 Å². The van der Waals surface area contributed by atoms with Crippen molar-refractivity contribution in [2.24, 2.45) is 0 Å². The highest BCUT2D eigenvalue weighted by molar-refractivity contribution is 6.06. The molecule has 1 heterocycles. The average Bonchev–Trinajstić information content (AvgIpc) is 2.59. The third-order valence-corrected chi connectivity index (χ3v) is 3.73. The van der Waals surface area contributed by atoms with E-state index < -0.39 is 5.97 Å². The molecule has 0 saturated carbocycles. The lowest BCUT2D eigenvalue weighted by Crippen LogP contribution is -2.21. The maximum Gasteiger partial charge on any atom is 0.343 e. The van der Waals surface area contributed by atoms with E-state index in [1.165, 1.54) is 12.3 Å². The molecule has 1 aromatic heterocycles. The molecule has 0 unspecified atom stereocenters. The molecular formula is C19H22N2O4. The number of esters is 1. The molecule has 0 aliphatic rings. The van der Waals surface area contributed by atoms with Gasteiger partial charge in [-0.1, -0.05) is 6.07 Å². The second kappa shape index (κ2) is 7.79. The lowest BCUT2D eigenvalue weighted by atomic mass is 10.1. The molecule has 2 rings (SSSR count). The van der Waals surface area contributed by atoms with E-state index in [2.05, 4.69) is 0 Å². The standard InChI is InChI=1S/C19H22N2O4/c1-5-21-12-15(19(24)25-6-2)18(23)14-8-7-13(11-16(14)21)17(22)9-10-20(3)4/h7-12H,5-6H2,1-4H3. The Morgan fingerprint density at radius 1 is 1.24 bits per heavy atom. The van der Waals surface area contributed by atoms with Crippen molar-refractivity contribution in [1.29, 1.82) is 0 Å². The highest BCUT2D eigenvalue weighted by Gasteiger charge is 2.17. The van der Waals surface area contributed by atoms with Crippen LogP contribution in [0.1, 0.15) is 34.6 Å². The molecule has 6 nitrogen and oxygen atoms in total. The van der Waals surface area contributed by atoms with Gasteiger partial charge in [-0.05, 0) is 26.0 Å². The normalized spacial score (nSPS) is 11.0. The van der Waals surface area contributed by atoms with Gasteiger partial charge < -0.3 is 14.2 Å². The van der Waals surface area contributed by atoms with Gasteiger partial charge in [0.15, 0.2) is 5.78 Å². The molecule has 0 saturated heterocycles. The Bertz CT molecular complexity index is 894. The largest absolute Gasteiger partial charge is 0.462 e. The average molecular weight is 342 g/mol. The van der Waals surface area contributed by atoms with Gasteiger partial charge in [-0.25, -0.2) is 4.79 Å². The first-order chi connectivity index (χ1) is 11.9.